The van der Waals surface area contributed by atoms with Crippen LogP contribution in [0.4, 0.5) is 5.69 Å². The van der Waals surface area contributed by atoms with Gasteiger partial charge in [0.2, 0.25) is 5.91 Å². The standard InChI is InChI=1S/C28H30N4OS/c1-20-9-11-23(12-10-20)25-19-34-28(29-25)26-8-5-13-30(26)18-27(33)31-14-15-32(22(3)17-31)24-7-4-6-21(2)16-24/h4-13,16,19,22H,14-15,17-18H2,1-3H3/t22-/m0/s1. The summed E-state index contributed by atoms with van der Waals surface area (Å²) in [5, 5.41) is 3.02. The first-order valence-corrected chi connectivity index (χ1v) is 12.6. The normalized spacial score (nSPS) is 16.1. The number of piperazine rings is 1. The molecule has 0 radical (unpaired) electrons. The minimum absolute atomic E-state index is 0.156. The predicted molar refractivity (Wildman–Crippen MR) is 140 cm³/mol. The van der Waals surface area contributed by atoms with Gasteiger partial charge in [0.1, 0.15) is 11.6 Å². The summed E-state index contributed by atoms with van der Waals surface area (Å²) in [4.78, 5) is 22.5. The van der Waals surface area contributed by atoms with Gasteiger partial charge in [-0.3, -0.25) is 4.79 Å². The molecule has 0 aliphatic carbocycles. The Balaban J connectivity index is 1.26. The Morgan fingerprint density at radius 1 is 1.03 bits per heavy atom. The zero-order valence-corrected chi connectivity index (χ0v) is 20.8. The predicted octanol–water partition coefficient (Wildman–Crippen LogP) is 5.63. The van der Waals surface area contributed by atoms with E-state index in [1.807, 2.05) is 27.8 Å². The zero-order valence-electron chi connectivity index (χ0n) is 19.9. The second kappa shape index (κ2) is 9.47. The van der Waals surface area contributed by atoms with E-state index in [0.29, 0.717) is 6.54 Å². The Labute approximate surface area is 205 Å². The van der Waals surface area contributed by atoms with E-state index in [1.165, 1.54) is 16.8 Å². The number of benzene rings is 2. The van der Waals surface area contributed by atoms with Gasteiger partial charge in [0.25, 0.3) is 0 Å². The van der Waals surface area contributed by atoms with Crippen molar-refractivity contribution < 1.29 is 4.79 Å². The third-order valence-corrected chi connectivity index (χ3v) is 7.38. The first-order chi connectivity index (χ1) is 16.5. The average molecular weight is 471 g/mol. The molecule has 174 valence electrons. The topological polar surface area (TPSA) is 41.4 Å². The number of carbonyl (C=O) groups is 1. The van der Waals surface area contributed by atoms with Crippen LogP contribution in [0.5, 0.6) is 0 Å². The summed E-state index contributed by atoms with van der Waals surface area (Å²) in [5.41, 5.74) is 6.81. The van der Waals surface area contributed by atoms with Crippen molar-refractivity contribution in [2.24, 2.45) is 0 Å². The van der Waals surface area contributed by atoms with Gasteiger partial charge in [-0.25, -0.2) is 4.98 Å². The quantitative estimate of drug-likeness (QED) is 0.379. The third-order valence-electron chi connectivity index (χ3n) is 6.52. The molecule has 34 heavy (non-hydrogen) atoms. The first kappa shape index (κ1) is 22.4. The highest BCUT2D eigenvalue weighted by molar-refractivity contribution is 7.13. The fourth-order valence-electron chi connectivity index (χ4n) is 4.61. The number of amides is 1. The molecule has 1 aliphatic rings. The van der Waals surface area contributed by atoms with Crippen LogP contribution in [0.2, 0.25) is 0 Å². The lowest BCUT2D eigenvalue weighted by molar-refractivity contribution is -0.132. The van der Waals surface area contributed by atoms with Crippen LogP contribution >= 0.6 is 11.3 Å². The van der Waals surface area contributed by atoms with Crippen LogP contribution in [0.15, 0.2) is 72.2 Å². The van der Waals surface area contributed by atoms with Crippen LogP contribution in [0.3, 0.4) is 0 Å². The number of nitrogens with zero attached hydrogens (tertiary/aromatic N) is 4. The number of carbonyl (C=O) groups excluding carboxylic acids is 1. The molecule has 3 heterocycles. The van der Waals surface area contributed by atoms with Crippen LogP contribution < -0.4 is 4.90 Å². The van der Waals surface area contributed by atoms with E-state index in [2.05, 4.69) is 79.6 Å². The molecule has 0 saturated carbocycles. The van der Waals surface area contributed by atoms with Gasteiger partial charge in [0, 0.05) is 48.5 Å². The highest BCUT2D eigenvalue weighted by Gasteiger charge is 2.27. The van der Waals surface area contributed by atoms with Gasteiger partial charge in [0.05, 0.1) is 11.4 Å². The van der Waals surface area contributed by atoms with Crippen molar-refractivity contribution in [1.29, 1.82) is 0 Å². The zero-order chi connectivity index (χ0) is 23.7. The number of aromatic nitrogens is 2. The molecule has 0 bridgehead atoms. The summed E-state index contributed by atoms with van der Waals surface area (Å²) in [6, 6.07) is 21.3. The Morgan fingerprint density at radius 3 is 2.62 bits per heavy atom. The molecule has 5 rings (SSSR count). The Hall–Kier alpha value is -3.38. The molecule has 2 aromatic carbocycles. The highest BCUT2D eigenvalue weighted by atomic mass is 32.1. The lowest BCUT2D eigenvalue weighted by Crippen LogP contribution is -2.54. The molecule has 1 fully saturated rings. The van der Waals surface area contributed by atoms with E-state index in [9.17, 15) is 4.79 Å². The van der Waals surface area contributed by atoms with E-state index < -0.39 is 0 Å². The van der Waals surface area contributed by atoms with Crippen molar-refractivity contribution in [3.8, 4) is 22.0 Å². The monoisotopic (exact) mass is 470 g/mol. The molecule has 1 saturated heterocycles. The summed E-state index contributed by atoms with van der Waals surface area (Å²) in [5.74, 6) is 0.156. The van der Waals surface area contributed by atoms with Crippen LogP contribution in [0.1, 0.15) is 18.1 Å². The fourth-order valence-corrected chi connectivity index (χ4v) is 5.48. The molecule has 1 amide bonds. The molecular weight excluding hydrogens is 440 g/mol. The maximum Gasteiger partial charge on any atom is 0.242 e. The van der Waals surface area contributed by atoms with Crippen molar-refractivity contribution in [2.45, 2.75) is 33.4 Å². The molecular formula is C28H30N4OS. The second-order valence-corrected chi connectivity index (χ2v) is 10.0. The number of hydrogen-bond donors (Lipinski definition) is 0. The minimum atomic E-state index is 0.156. The molecule has 0 spiro atoms. The van der Waals surface area contributed by atoms with E-state index >= 15 is 0 Å². The average Bonchev–Trinajstić information content (AvgIpc) is 3.49. The third kappa shape index (κ3) is 4.64. The SMILES string of the molecule is Cc1ccc(-c2csc(-c3cccn3CC(=O)N3CCN(c4cccc(C)c4)[C@@H](C)C3)n2)cc1. The number of rotatable bonds is 5. The van der Waals surface area contributed by atoms with Gasteiger partial charge >= 0.3 is 0 Å². The summed E-state index contributed by atoms with van der Waals surface area (Å²) in [6.07, 6.45) is 1.98. The fraction of sp³-hybridized carbons (Fsp3) is 0.286. The van der Waals surface area contributed by atoms with Crippen molar-refractivity contribution >= 4 is 22.9 Å². The van der Waals surface area contributed by atoms with Gasteiger partial charge in [-0.05, 0) is 50.6 Å². The molecule has 5 nitrogen and oxygen atoms in total. The lowest BCUT2D eigenvalue weighted by atomic mass is 10.1. The van der Waals surface area contributed by atoms with Crippen LogP contribution in [-0.2, 0) is 11.3 Å². The Morgan fingerprint density at radius 2 is 1.85 bits per heavy atom. The Kier molecular flexibility index (Phi) is 6.24. The highest BCUT2D eigenvalue weighted by Crippen LogP contribution is 2.30. The summed E-state index contributed by atoms with van der Waals surface area (Å²) in [7, 11) is 0. The lowest BCUT2D eigenvalue weighted by Gasteiger charge is -2.41. The maximum atomic E-state index is 13.2. The van der Waals surface area contributed by atoms with Crippen LogP contribution in [0.25, 0.3) is 22.0 Å². The van der Waals surface area contributed by atoms with E-state index in [0.717, 1.165) is 41.6 Å². The van der Waals surface area contributed by atoms with Gasteiger partial charge < -0.3 is 14.4 Å². The van der Waals surface area contributed by atoms with E-state index in [-0.39, 0.29) is 11.9 Å². The minimum Gasteiger partial charge on any atom is -0.365 e. The molecule has 4 aromatic rings. The van der Waals surface area contributed by atoms with Crippen LogP contribution in [0, 0.1) is 13.8 Å². The van der Waals surface area contributed by atoms with E-state index in [4.69, 9.17) is 4.98 Å². The molecule has 2 aromatic heterocycles. The van der Waals surface area contributed by atoms with Crippen molar-refractivity contribution in [3.63, 3.8) is 0 Å². The molecule has 6 heteroatoms. The van der Waals surface area contributed by atoms with Crippen molar-refractivity contribution in [1.82, 2.24) is 14.5 Å². The summed E-state index contributed by atoms with van der Waals surface area (Å²) in [6.45, 7) is 9.06. The second-order valence-electron chi connectivity index (χ2n) is 9.15. The van der Waals surface area contributed by atoms with Gasteiger partial charge in [-0.2, -0.15) is 0 Å². The van der Waals surface area contributed by atoms with Gasteiger partial charge in [-0.1, -0.05) is 42.0 Å². The van der Waals surface area contributed by atoms with Crippen molar-refractivity contribution in [2.75, 3.05) is 24.5 Å². The van der Waals surface area contributed by atoms with Crippen molar-refractivity contribution in [3.05, 3.63) is 83.4 Å². The molecule has 0 unspecified atom stereocenters. The van der Waals surface area contributed by atoms with Crippen LogP contribution in [-0.4, -0.2) is 46.0 Å². The molecule has 1 atom stereocenters. The van der Waals surface area contributed by atoms with Gasteiger partial charge in [0.15, 0.2) is 0 Å². The largest absolute Gasteiger partial charge is 0.365 e. The summed E-state index contributed by atoms with van der Waals surface area (Å²) < 4.78 is 2.03. The molecule has 1 aliphatic heterocycles. The number of anilines is 1. The number of thiazole rings is 1. The Bertz CT molecular complexity index is 1290. The number of aryl methyl sites for hydroxylation is 2. The van der Waals surface area contributed by atoms with E-state index in [1.54, 1.807) is 11.3 Å². The number of hydrogen-bond acceptors (Lipinski definition) is 4. The molecule has 0 N–H and O–H groups in total. The summed E-state index contributed by atoms with van der Waals surface area (Å²) >= 11 is 1.62. The smallest absolute Gasteiger partial charge is 0.242 e. The first-order valence-electron chi connectivity index (χ1n) is 11.8. The van der Waals surface area contributed by atoms with Gasteiger partial charge in [-0.15, -0.1) is 11.3 Å². The maximum absolute atomic E-state index is 13.2.